The van der Waals surface area contributed by atoms with Crippen LogP contribution in [-0.2, 0) is 4.79 Å². The first kappa shape index (κ1) is 18.6. The summed E-state index contributed by atoms with van der Waals surface area (Å²) < 4.78 is 39.7. The van der Waals surface area contributed by atoms with Gasteiger partial charge in [-0.05, 0) is 42.7 Å². The first-order valence-corrected chi connectivity index (χ1v) is 9.51. The third-order valence-electron chi connectivity index (χ3n) is 6.37. The molecule has 0 bridgehead atoms. The van der Waals surface area contributed by atoms with Gasteiger partial charge in [-0.3, -0.25) is 15.6 Å². The maximum Gasteiger partial charge on any atom is 0.406 e. The molecule has 5 nitrogen and oxygen atoms in total. The first-order chi connectivity index (χ1) is 12.9. The Bertz CT molecular complexity index is 710. The number of alkyl halides is 3. The summed E-state index contributed by atoms with van der Waals surface area (Å²) in [5, 5.41) is 3.18. The molecule has 5 atom stereocenters. The number of carbonyl (C=O) groups excluding carboxylic acids is 1. The van der Waals surface area contributed by atoms with Gasteiger partial charge in [-0.2, -0.15) is 13.2 Å². The van der Waals surface area contributed by atoms with Crippen LogP contribution < -0.4 is 16.2 Å². The number of likely N-dealkylation sites (tertiary alicyclic amines) is 1. The van der Waals surface area contributed by atoms with E-state index in [0.29, 0.717) is 13.0 Å². The summed E-state index contributed by atoms with van der Waals surface area (Å²) in [7, 11) is 1.85. The van der Waals surface area contributed by atoms with Crippen LogP contribution in [0, 0.1) is 11.8 Å². The second-order valence-corrected chi connectivity index (χ2v) is 7.82. The topological polar surface area (TPSA) is 56.4 Å². The molecule has 2 saturated heterocycles. The summed E-state index contributed by atoms with van der Waals surface area (Å²) in [6, 6.07) is 7.46. The van der Waals surface area contributed by atoms with Gasteiger partial charge < -0.3 is 10.2 Å². The summed E-state index contributed by atoms with van der Waals surface area (Å²) in [5.41, 5.74) is 8.27. The van der Waals surface area contributed by atoms with Crippen LogP contribution in [0.25, 0.3) is 0 Å². The summed E-state index contributed by atoms with van der Waals surface area (Å²) in [5.74, 6) is -0.597. The molecule has 8 heteroatoms. The van der Waals surface area contributed by atoms with Gasteiger partial charge in [-0.25, -0.2) is 0 Å². The van der Waals surface area contributed by atoms with E-state index in [-0.39, 0.29) is 23.8 Å². The van der Waals surface area contributed by atoms with E-state index in [9.17, 15) is 18.0 Å². The number of piperidine rings is 1. The fourth-order valence-corrected chi connectivity index (χ4v) is 5.24. The Morgan fingerprint density at radius 3 is 2.78 bits per heavy atom. The van der Waals surface area contributed by atoms with Crippen LogP contribution in [0.5, 0.6) is 0 Å². The lowest BCUT2D eigenvalue weighted by Gasteiger charge is -2.50. The number of halogens is 3. The van der Waals surface area contributed by atoms with Gasteiger partial charge in [0.1, 0.15) is 6.54 Å². The molecule has 3 aliphatic rings. The van der Waals surface area contributed by atoms with Crippen molar-refractivity contribution in [1.82, 2.24) is 15.8 Å². The molecular formula is C19H25F3N4O. The lowest BCUT2D eigenvalue weighted by Crippen LogP contribution is -2.63. The van der Waals surface area contributed by atoms with Gasteiger partial charge in [-0.1, -0.05) is 18.2 Å². The minimum absolute atomic E-state index is 0.0445. The zero-order chi connectivity index (χ0) is 19.2. The van der Waals surface area contributed by atoms with Crippen LogP contribution >= 0.6 is 0 Å². The van der Waals surface area contributed by atoms with E-state index in [2.05, 4.69) is 16.2 Å². The molecule has 0 aromatic heterocycles. The minimum Gasteiger partial charge on any atom is -0.388 e. The lowest BCUT2D eigenvalue weighted by molar-refractivity contribution is -0.178. The molecule has 0 spiro atoms. The van der Waals surface area contributed by atoms with Gasteiger partial charge in [-0.15, -0.1) is 0 Å². The Kier molecular flexibility index (Phi) is 4.80. The zero-order valence-electron chi connectivity index (χ0n) is 15.2. The standard InChI is InChI=1S/C19H25F3N4O/c1-23-15-5-3-2-4-12(15)11-6-7-13-16(8-11)26(10-19(20,21)22)18(27)14-9-24-25-17(13)14/h2-5,11,13-14,16-17,23-25H,6-10H2,1H3. The molecule has 1 aliphatic carbocycles. The highest BCUT2D eigenvalue weighted by molar-refractivity contribution is 5.82. The fourth-order valence-electron chi connectivity index (χ4n) is 5.24. The van der Waals surface area contributed by atoms with Crippen LogP contribution in [0.2, 0.25) is 0 Å². The molecule has 3 N–H and O–H groups in total. The van der Waals surface area contributed by atoms with Gasteiger partial charge in [0.05, 0.1) is 5.92 Å². The Balaban J connectivity index is 1.64. The summed E-state index contributed by atoms with van der Waals surface area (Å²) in [6.45, 7) is -0.760. The van der Waals surface area contributed by atoms with Crippen molar-refractivity contribution in [2.75, 3.05) is 25.5 Å². The monoisotopic (exact) mass is 382 g/mol. The molecular weight excluding hydrogens is 357 g/mol. The Hall–Kier alpha value is -1.80. The molecule has 2 aliphatic heterocycles. The number of nitrogens with one attached hydrogen (secondary N) is 3. The quantitative estimate of drug-likeness (QED) is 0.752. The van der Waals surface area contributed by atoms with Crippen molar-refractivity contribution >= 4 is 11.6 Å². The number of nitrogens with zero attached hydrogens (tertiary/aromatic N) is 1. The van der Waals surface area contributed by atoms with Crippen molar-refractivity contribution in [3.8, 4) is 0 Å². The average Bonchev–Trinajstić information content (AvgIpc) is 3.14. The molecule has 1 aromatic rings. The van der Waals surface area contributed by atoms with Crippen molar-refractivity contribution in [1.29, 1.82) is 0 Å². The normalized spacial score (nSPS) is 33.6. The second kappa shape index (κ2) is 6.98. The maximum absolute atomic E-state index is 13.2. The zero-order valence-corrected chi connectivity index (χ0v) is 15.2. The van der Waals surface area contributed by atoms with E-state index >= 15 is 0 Å². The van der Waals surface area contributed by atoms with Crippen molar-refractivity contribution in [3.63, 3.8) is 0 Å². The molecule has 0 radical (unpaired) electrons. The van der Waals surface area contributed by atoms with Crippen LogP contribution in [0.1, 0.15) is 30.7 Å². The Morgan fingerprint density at radius 2 is 2.04 bits per heavy atom. The van der Waals surface area contributed by atoms with Crippen molar-refractivity contribution in [2.45, 2.75) is 43.4 Å². The van der Waals surface area contributed by atoms with Gasteiger partial charge in [0.25, 0.3) is 0 Å². The van der Waals surface area contributed by atoms with Crippen LogP contribution in [0.15, 0.2) is 24.3 Å². The predicted octanol–water partition coefficient (Wildman–Crippen LogP) is 2.48. The number of hydrogen-bond acceptors (Lipinski definition) is 4. The highest BCUT2D eigenvalue weighted by Gasteiger charge is 2.54. The minimum atomic E-state index is -4.39. The van der Waals surface area contributed by atoms with Crippen molar-refractivity contribution < 1.29 is 18.0 Å². The largest absolute Gasteiger partial charge is 0.406 e. The second-order valence-electron chi connectivity index (χ2n) is 7.82. The molecule has 3 fully saturated rings. The molecule has 2 heterocycles. The number of carbonyl (C=O) groups is 1. The van der Waals surface area contributed by atoms with E-state index in [4.69, 9.17) is 0 Å². The Labute approximate surface area is 156 Å². The number of fused-ring (bicyclic) bond motifs is 3. The van der Waals surface area contributed by atoms with E-state index in [0.717, 1.165) is 29.0 Å². The maximum atomic E-state index is 13.2. The molecule has 1 saturated carbocycles. The predicted molar refractivity (Wildman–Crippen MR) is 96.0 cm³/mol. The molecule has 5 unspecified atom stereocenters. The number of hydrogen-bond donors (Lipinski definition) is 3. The summed E-state index contributed by atoms with van der Waals surface area (Å²) >= 11 is 0. The van der Waals surface area contributed by atoms with Crippen LogP contribution in [0.4, 0.5) is 18.9 Å². The summed E-state index contributed by atoms with van der Waals surface area (Å²) in [6.07, 6.45) is -2.10. The molecule has 27 heavy (non-hydrogen) atoms. The van der Waals surface area contributed by atoms with E-state index in [1.54, 1.807) is 0 Å². The van der Waals surface area contributed by atoms with Gasteiger partial charge in [0.2, 0.25) is 5.91 Å². The number of anilines is 1. The number of para-hydroxylation sites is 1. The third-order valence-corrected chi connectivity index (χ3v) is 6.37. The van der Waals surface area contributed by atoms with E-state index < -0.39 is 24.7 Å². The van der Waals surface area contributed by atoms with Crippen LogP contribution in [-0.4, -0.2) is 49.2 Å². The molecule has 148 valence electrons. The number of hydrazine groups is 1. The van der Waals surface area contributed by atoms with Crippen LogP contribution in [0.3, 0.4) is 0 Å². The molecule has 4 rings (SSSR count). The SMILES string of the molecule is CNc1ccccc1C1CCC2C3NNCC3C(=O)N(CC(F)(F)F)C2C1. The number of benzene rings is 1. The fraction of sp³-hybridized carbons (Fsp3) is 0.632. The van der Waals surface area contributed by atoms with Gasteiger partial charge in [0.15, 0.2) is 0 Å². The smallest absolute Gasteiger partial charge is 0.388 e. The van der Waals surface area contributed by atoms with Gasteiger partial charge >= 0.3 is 6.18 Å². The Morgan fingerprint density at radius 1 is 1.26 bits per heavy atom. The van der Waals surface area contributed by atoms with Crippen molar-refractivity contribution in [3.05, 3.63) is 29.8 Å². The average molecular weight is 382 g/mol. The number of amides is 1. The molecule has 1 aromatic carbocycles. The van der Waals surface area contributed by atoms with Gasteiger partial charge in [0, 0.05) is 31.4 Å². The highest BCUT2D eigenvalue weighted by atomic mass is 19.4. The lowest BCUT2D eigenvalue weighted by atomic mass is 9.67. The summed E-state index contributed by atoms with van der Waals surface area (Å²) in [4.78, 5) is 14.0. The first-order valence-electron chi connectivity index (χ1n) is 9.51. The van der Waals surface area contributed by atoms with Crippen molar-refractivity contribution in [2.24, 2.45) is 11.8 Å². The third kappa shape index (κ3) is 3.40. The van der Waals surface area contributed by atoms with E-state index in [1.807, 2.05) is 31.3 Å². The number of rotatable bonds is 3. The van der Waals surface area contributed by atoms with E-state index in [1.165, 1.54) is 0 Å². The highest BCUT2D eigenvalue weighted by Crippen LogP contribution is 2.46. The molecule has 1 amide bonds.